The van der Waals surface area contributed by atoms with Crippen molar-refractivity contribution in [3.63, 3.8) is 0 Å². The molecule has 0 saturated carbocycles. The number of carbonyl (C=O) groups is 1. The Morgan fingerprint density at radius 1 is 1.29 bits per heavy atom. The molecule has 0 radical (unpaired) electrons. The summed E-state index contributed by atoms with van der Waals surface area (Å²) in [6.07, 6.45) is 7.28. The molecule has 0 atom stereocenters. The zero-order valence-electron chi connectivity index (χ0n) is 16.0. The Bertz CT molecular complexity index is 963. The van der Waals surface area contributed by atoms with Crippen molar-refractivity contribution in [3.8, 4) is 0 Å². The second-order valence-corrected chi connectivity index (χ2v) is 7.09. The van der Waals surface area contributed by atoms with Crippen LogP contribution < -0.4 is 5.32 Å². The lowest BCUT2D eigenvalue weighted by Crippen LogP contribution is -2.24. The zero-order valence-corrected chi connectivity index (χ0v) is 16.0. The lowest BCUT2D eigenvalue weighted by atomic mass is 9.89. The number of aryl methyl sites for hydroxylation is 1. The number of nitrogens with zero attached hydrogens (tertiary/aromatic N) is 3. The van der Waals surface area contributed by atoms with E-state index in [1.165, 1.54) is 0 Å². The molecule has 1 amide bonds. The van der Waals surface area contributed by atoms with E-state index < -0.39 is 0 Å². The number of rotatable bonds is 6. The largest absolute Gasteiger partial charge is 0.381 e. The number of nitrogens with one attached hydrogen (secondary N) is 1. The minimum Gasteiger partial charge on any atom is -0.381 e. The Morgan fingerprint density at radius 2 is 2.14 bits per heavy atom. The first kappa shape index (κ1) is 18.6. The van der Waals surface area contributed by atoms with Gasteiger partial charge in [-0.05, 0) is 42.9 Å². The summed E-state index contributed by atoms with van der Waals surface area (Å²) in [7, 11) is 0. The van der Waals surface area contributed by atoms with Crippen LogP contribution in [0.2, 0.25) is 0 Å². The highest BCUT2D eigenvalue weighted by Crippen LogP contribution is 2.32. The van der Waals surface area contributed by atoms with Crippen LogP contribution in [0, 0.1) is 0 Å². The molecule has 1 saturated heterocycles. The molecule has 1 aliphatic heterocycles. The second kappa shape index (κ2) is 8.48. The Kier molecular flexibility index (Phi) is 5.62. The highest BCUT2D eigenvalue weighted by atomic mass is 16.5. The van der Waals surface area contributed by atoms with E-state index in [-0.39, 0.29) is 12.5 Å². The van der Waals surface area contributed by atoms with Gasteiger partial charge in [-0.2, -0.15) is 0 Å². The Hall–Kier alpha value is -2.80. The van der Waals surface area contributed by atoms with Crippen molar-refractivity contribution < 1.29 is 14.1 Å². The normalized spacial score (nSPS) is 15.0. The third kappa shape index (κ3) is 4.04. The molecule has 4 rings (SSSR count). The summed E-state index contributed by atoms with van der Waals surface area (Å²) in [5, 5.41) is 7.91. The fraction of sp³-hybridized carbons (Fsp3) is 0.429. The standard InChI is InChI=1S/C21H24N4O3/c1-2-3-15-10-16(28-25-15)12-23-21(26)20-11-17(14-5-8-27-9-6-14)18-13-22-7-4-19(18)24-20/h4,7,10-11,13-14H,2-3,5-6,8-9,12H2,1H3,(H,23,26). The molecular formula is C21H24N4O3. The molecule has 0 aromatic carbocycles. The van der Waals surface area contributed by atoms with Gasteiger partial charge in [0.15, 0.2) is 5.76 Å². The zero-order chi connectivity index (χ0) is 19.3. The van der Waals surface area contributed by atoms with Crippen LogP contribution in [0.25, 0.3) is 10.9 Å². The number of pyridine rings is 2. The van der Waals surface area contributed by atoms with Crippen molar-refractivity contribution in [1.29, 1.82) is 0 Å². The number of aromatic nitrogens is 3. The van der Waals surface area contributed by atoms with E-state index in [1.807, 2.05) is 24.4 Å². The number of amides is 1. The fourth-order valence-corrected chi connectivity index (χ4v) is 3.63. The van der Waals surface area contributed by atoms with Crippen LogP contribution in [-0.2, 0) is 17.7 Å². The smallest absolute Gasteiger partial charge is 0.270 e. The van der Waals surface area contributed by atoms with Gasteiger partial charge in [0.25, 0.3) is 5.91 Å². The number of hydrogen-bond donors (Lipinski definition) is 1. The average molecular weight is 380 g/mol. The van der Waals surface area contributed by atoms with Gasteiger partial charge in [-0.25, -0.2) is 4.98 Å². The van der Waals surface area contributed by atoms with Crippen molar-refractivity contribution in [2.75, 3.05) is 13.2 Å². The summed E-state index contributed by atoms with van der Waals surface area (Å²) in [5.41, 5.74) is 3.23. The predicted molar refractivity (Wildman–Crippen MR) is 104 cm³/mol. The molecule has 1 fully saturated rings. The molecule has 7 heteroatoms. The summed E-state index contributed by atoms with van der Waals surface area (Å²) < 4.78 is 10.8. The maximum atomic E-state index is 12.8. The molecule has 1 aliphatic rings. The minimum atomic E-state index is -0.222. The van der Waals surface area contributed by atoms with Gasteiger partial charge < -0.3 is 14.6 Å². The average Bonchev–Trinajstić information content (AvgIpc) is 3.19. The summed E-state index contributed by atoms with van der Waals surface area (Å²) >= 11 is 0. The molecule has 146 valence electrons. The van der Waals surface area contributed by atoms with Crippen LogP contribution >= 0.6 is 0 Å². The highest BCUT2D eigenvalue weighted by Gasteiger charge is 2.21. The second-order valence-electron chi connectivity index (χ2n) is 7.09. The van der Waals surface area contributed by atoms with E-state index in [4.69, 9.17) is 9.26 Å². The van der Waals surface area contributed by atoms with Crippen LogP contribution in [0.1, 0.15) is 59.6 Å². The lowest BCUT2D eigenvalue weighted by molar-refractivity contribution is 0.0855. The predicted octanol–water partition coefficient (Wildman–Crippen LogP) is 3.39. The van der Waals surface area contributed by atoms with Crippen LogP contribution in [0.15, 0.2) is 35.1 Å². The fourth-order valence-electron chi connectivity index (χ4n) is 3.63. The molecular weight excluding hydrogens is 356 g/mol. The Morgan fingerprint density at radius 3 is 2.96 bits per heavy atom. The molecule has 1 N–H and O–H groups in total. The molecule has 7 nitrogen and oxygen atoms in total. The summed E-state index contributed by atoms with van der Waals surface area (Å²) in [4.78, 5) is 21.5. The molecule has 0 aliphatic carbocycles. The van der Waals surface area contributed by atoms with Crippen LogP contribution in [0.5, 0.6) is 0 Å². The van der Waals surface area contributed by atoms with Crippen molar-refractivity contribution in [3.05, 3.63) is 53.3 Å². The summed E-state index contributed by atoms with van der Waals surface area (Å²) in [6, 6.07) is 5.64. The Balaban J connectivity index is 1.55. The van der Waals surface area contributed by atoms with Gasteiger partial charge in [0, 0.05) is 37.1 Å². The van der Waals surface area contributed by atoms with Gasteiger partial charge in [0.2, 0.25) is 0 Å². The first-order valence-corrected chi connectivity index (χ1v) is 9.79. The van der Waals surface area contributed by atoms with Gasteiger partial charge in [-0.3, -0.25) is 9.78 Å². The van der Waals surface area contributed by atoms with Gasteiger partial charge >= 0.3 is 0 Å². The maximum Gasteiger partial charge on any atom is 0.270 e. The molecule has 4 heterocycles. The van der Waals surface area contributed by atoms with Crippen LogP contribution in [0.4, 0.5) is 0 Å². The van der Waals surface area contributed by atoms with E-state index in [0.717, 1.165) is 61.1 Å². The van der Waals surface area contributed by atoms with E-state index in [9.17, 15) is 4.79 Å². The number of carbonyl (C=O) groups excluding carboxylic acids is 1. The minimum absolute atomic E-state index is 0.222. The molecule has 3 aromatic heterocycles. The molecule has 28 heavy (non-hydrogen) atoms. The number of hydrogen-bond acceptors (Lipinski definition) is 6. The molecule has 0 bridgehead atoms. The van der Waals surface area contributed by atoms with Gasteiger partial charge in [-0.15, -0.1) is 0 Å². The lowest BCUT2D eigenvalue weighted by Gasteiger charge is -2.23. The maximum absolute atomic E-state index is 12.8. The quantitative estimate of drug-likeness (QED) is 0.705. The van der Waals surface area contributed by atoms with Crippen molar-refractivity contribution in [1.82, 2.24) is 20.4 Å². The SMILES string of the molecule is CCCc1cc(CNC(=O)c2cc(C3CCOCC3)c3cnccc3n2)on1. The van der Waals surface area contributed by atoms with Crippen molar-refractivity contribution in [2.45, 2.75) is 45.1 Å². The van der Waals surface area contributed by atoms with Gasteiger partial charge in [-0.1, -0.05) is 18.5 Å². The van der Waals surface area contributed by atoms with Gasteiger partial charge in [0.05, 0.1) is 17.8 Å². The first-order valence-electron chi connectivity index (χ1n) is 9.79. The van der Waals surface area contributed by atoms with E-state index in [1.54, 1.807) is 6.20 Å². The highest BCUT2D eigenvalue weighted by molar-refractivity contribution is 5.95. The third-order valence-electron chi connectivity index (χ3n) is 5.07. The monoisotopic (exact) mass is 380 g/mol. The summed E-state index contributed by atoms with van der Waals surface area (Å²) in [5.74, 6) is 0.771. The number of ether oxygens (including phenoxy) is 1. The van der Waals surface area contributed by atoms with Crippen LogP contribution in [-0.4, -0.2) is 34.2 Å². The molecule has 3 aromatic rings. The third-order valence-corrected chi connectivity index (χ3v) is 5.07. The van der Waals surface area contributed by atoms with E-state index >= 15 is 0 Å². The van der Waals surface area contributed by atoms with Crippen molar-refractivity contribution >= 4 is 16.8 Å². The van der Waals surface area contributed by atoms with Crippen molar-refractivity contribution in [2.24, 2.45) is 0 Å². The topological polar surface area (TPSA) is 90.1 Å². The Labute approximate surface area is 163 Å². The van der Waals surface area contributed by atoms with E-state index in [0.29, 0.717) is 17.4 Å². The summed E-state index contributed by atoms with van der Waals surface area (Å²) in [6.45, 7) is 3.86. The first-order chi connectivity index (χ1) is 13.7. The molecule has 0 unspecified atom stereocenters. The van der Waals surface area contributed by atoms with Gasteiger partial charge in [0.1, 0.15) is 5.69 Å². The van der Waals surface area contributed by atoms with Crippen LogP contribution in [0.3, 0.4) is 0 Å². The number of fused-ring (bicyclic) bond motifs is 1. The molecule has 0 spiro atoms. The van der Waals surface area contributed by atoms with E-state index in [2.05, 4.69) is 27.4 Å².